The first-order valence-electron chi connectivity index (χ1n) is 20.6. The molecular weight excluding hydrogens is 699 g/mol. The second-order valence-corrected chi connectivity index (χ2v) is 16.5. The van der Waals surface area contributed by atoms with Crippen LogP contribution in [0.1, 0.15) is 168 Å². The van der Waals surface area contributed by atoms with Crippen LogP contribution in [0.2, 0.25) is 0 Å². The Balaban J connectivity index is 2.30. The van der Waals surface area contributed by atoms with Crippen molar-refractivity contribution in [2.75, 3.05) is 13.2 Å². The first-order chi connectivity index (χ1) is 25.3. The molecule has 308 valence electrons. The summed E-state index contributed by atoms with van der Waals surface area (Å²) in [5, 5.41) is 20.6. The minimum absolute atomic E-state index is 0.0320. The maximum atomic E-state index is 12.4. The summed E-state index contributed by atoms with van der Waals surface area (Å²) >= 11 is 0. The van der Waals surface area contributed by atoms with E-state index in [1.54, 1.807) is 12.2 Å². The van der Waals surface area contributed by atoms with E-state index in [2.05, 4.69) is 25.3 Å². The molecule has 1 fully saturated rings. The normalized spacial score (nSPS) is 19.1. The molecule has 1 aliphatic carbocycles. The molecule has 1 aliphatic rings. The van der Waals surface area contributed by atoms with Crippen molar-refractivity contribution in [2.45, 2.75) is 187 Å². The van der Waals surface area contributed by atoms with Gasteiger partial charge in [0.05, 0.1) is 18.8 Å². The summed E-state index contributed by atoms with van der Waals surface area (Å²) < 4.78 is 26.3. The van der Waals surface area contributed by atoms with E-state index in [1.807, 2.05) is 12.2 Å². The van der Waals surface area contributed by atoms with Crippen molar-refractivity contribution in [2.24, 2.45) is 17.8 Å². The molecule has 0 aromatic heterocycles. The third-order valence-corrected chi connectivity index (χ3v) is 10.3. The number of phosphoric ester groups is 1. The molecule has 0 aliphatic heterocycles. The van der Waals surface area contributed by atoms with E-state index in [0.717, 1.165) is 44.4 Å². The molecule has 12 heteroatoms. The number of aliphatic hydroxyl groups excluding tert-OH is 2. The lowest BCUT2D eigenvalue weighted by Crippen LogP contribution is -2.29. The Labute approximate surface area is 320 Å². The number of hydrogen-bond acceptors (Lipinski definition) is 9. The second-order valence-electron chi connectivity index (χ2n) is 15.2. The van der Waals surface area contributed by atoms with Gasteiger partial charge in [-0.05, 0) is 38.0 Å². The van der Waals surface area contributed by atoms with Gasteiger partial charge in [-0.3, -0.25) is 18.9 Å². The summed E-state index contributed by atoms with van der Waals surface area (Å²) in [6, 6.07) is 0. The predicted octanol–water partition coefficient (Wildman–Crippen LogP) is 8.85. The quantitative estimate of drug-likeness (QED) is 0.0217. The molecule has 4 N–H and O–H groups in total. The van der Waals surface area contributed by atoms with Crippen molar-refractivity contribution < 1.29 is 52.9 Å². The number of carbonyl (C=O) groups is 3. The maximum Gasteiger partial charge on any atom is 0.469 e. The molecular formula is C41H73O11P. The van der Waals surface area contributed by atoms with Gasteiger partial charge in [0.1, 0.15) is 12.4 Å². The van der Waals surface area contributed by atoms with E-state index in [-0.39, 0.29) is 37.6 Å². The van der Waals surface area contributed by atoms with Gasteiger partial charge in [0.15, 0.2) is 6.10 Å². The average molecular weight is 773 g/mol. The molecule has 0 bridgehead atoms. The number of ketones is 1. The highest BCUT2D eigenvalue weighted by atomic mass is 31.2. The Morgan fingerprint density at radius 2 is 1.40 bits per heavy atom. The SMILES string of the molecule is CCCCC[C@H](O)/C=C/[C@H]1C(=O)C[C@H](O)[C@@H]1C/C=C\CCCC(=O)OC[C@H](COP(=O)(O)O)OC(=O)CCCCCCCCCCCCCCC(C)C. The lowest BCUT2D eigenvalue weighted by Gasteiger charge is -2.18. The van der Waals surface area contributed by atoms with Gasteiger partial charge in [-0.25, -0.2) is 4.57 Å². The standard InChI is InChI=1S/C41H73O11P/c1-4-5-18-24-34(42)28-29-37-36(38(43)30-39(37)44)25-20-16-17-21-26-40(45)50-31-35(32-51-53(47,48)49)52-41(46)27-22-15-13-11-9-7-6-8-10-12-14-19-23-33(2)3/h16,20,28-29,33-38,42-43H,4-15,17-19,21-27,30-32H2,1-3H3,(H2,47,48,49)/b20-16-,29-28+/t34-,35+,36+,37+,38-/m0/s1. The van der Waals surface area contributed by atoms with Gasteiger partial charge in [-0.15, -0.1) is 0 Å². The minimum atomic E-state index is -4.82. The largest absolute Gasteiger partial charge is 0.469 e. The molecule has 1 saturated carbocycles. The van der Waals surface area contributed by atoms with Gasteiger partial charge < -0.3 is 29.5 Å². The molecule has 11 nitrogen and oxygen atoms in total. The molecule has 0 aromatic rings. The van der Waals surface area contributed by atoms with Crippen LogP contribution in [0.5, 0.6) is 0 Å². The van der Waals surface area contributed by atoms with Crippen LogP contribution in [0.3, 0.4) is 0 Å². The first-order valence-corrected chi connectivity index (χ1v) is 22.1. The second kappa shape index (κ2) is 30.4. The molecule has 53 heavy (non-hydrogen) atoms. The summed E-state index contributed by atoms with van der Waals surface area (Å²) in [5.74, 6) is -1.02. The average Bonchev–Trinajstić information content (AvgIpc) is 3.36. The number of ether oxygens (including phenoxy) is 2. The highest BCUT2D eigenvalue weighted by Crippen LogP contribution is 2.36. The molecule has 0 heterocycles. The Bertz CT molecular complexity index is 1090. The highest BCUT2D eigenvalue weighted by molar-refractivity contribution is 7.46. The smallest absolute Gasteiger partial charge is 0.462 e. The number of rotatable bonds is 33. The molecule has 0 aromatic carbocycles. The van der Waals surface area contributed by atoms with E-state index >= 15 is 0 Å². The highest BCUT2D eigenvalue weighted by Gasteiger charge is 2.39. The van der Waals surface area contributed by atoms with Gasteiger partial charge in [-0.1, -0.05) is 141 Å². The van der Waals surface area contributed by atoms with Gasteiger partial charge in [0.25, 0.3) is 0 Å². The van der Waals surface area contributed by atoms with Gasteiger partial charge in [0, 0.05) is 31.1 Å². The van der Waals surface area contributed by atoms with Crippen molar-refractivity contribution in [1.82, 2.24) is 0 Å². The van der Waals surface area contributed by atoms with Crippen molar-refractivity contribution in [3.63, 3.8) is 0 Å². The molecule has 0 saturated heterocycles. The Hall–Kier alpha value is -1.88. The zero-order chi connectivity index (χ0) is 39.3. The fourth-order valence-corrected chi connectivity index (χ4v) is 6.96. The lowest BCUT2D eigenvalue weighted by molar-refractivity contribution is -0.161. The van der Waals surface area contributed by atoms with E-state index in [1.165, 1.54) is 57.8 Å². The topological polar surface area (TPSA) is 177 Å². The van der Waals surface area contributed by atoms with Crippen LogP contribution in [0.25, 0.3) is 0 Å². The number of esters is 2. The molecule has 1 rings (SSSR count). The summed E-state index contributed by atoms with van der Waals surface area (Å²) in [6.45, 7) is 5.67. The van der Waals surface area contributed by atoms with Crippen molar-refractivity contribution in [3.05, 3.63) is 24.3 Å². The number of unbranched alkanes of at least 4 members (excludes halogenated alkanes) is 14. The fraction of sp³-hybridized carbons (Fsp3) is 0.829. The number of Topliss-reactive ketones (excluding diaryl/α,β-unsaturated/α-hetero) is 1. The minimum Gasteiger partial charge on any atom is -0.462 e. The first kappa shape index (κ1) is 49.1. The lowest BCUT2D eigenvalue weighted by atomic mass is 9.90. The van der Waals surface area contributed by atoms with Crippen LogP contribution >= 0.6 is 7.82 Å². The van der Waals surface area contributed by atoms with Crippen LogP contribution in [0, 0.1) is 17.8 Å². The Morgan fingerprint density at radius 1 is 0.811 bits per heavy atom. The number of phosphoric acid groups is 1. The third kappa shape index (κ3) is 27.4. The van der Waals surface area contributed by atoms with E-state index in [9.17, 15) is 29.2 Å². The number of hydrogen-bond donors (Lipinski definition) is 4. The van der Waals surface area contributed by atoms with E-state index in [0.29, 0.717) is 32.1 Å². The number of aliphatic hydroxyl groups is 2. The zero-order valence-corrected chi connectivity index (χ0v) is 33.9. The number of allylic oxidation sites excluding steroid dienone is 3. The molecule has 0 unspecified atom stereocenters. The fourth-order valence-electron chi connectivity index (χ4n) is 6.60. The van der Waals surface area contributed by atoms with Crippen LogP contribution in [0.15, 0.2) is 24.3 Å². The molecule has 0 spiro atoms. The number of carbonyl (C=O) groups excluding carboxylic acids is 3. The Kier molecular flexibility index (Phi) is 28.1. The Morgan fingerprint density at radius 3 is 2.00 bits per heavy atom. The van der Waals surface area contributed by atoms with Crippen molar-refractivity contribution in [1.29, 1.82) is 0 Å². The predicted molar refractivity (Wildman–Crippen MR) is 208 cm³/mol. The van der Waals surface area contributed by atoms with Crippen molar-refractivity contribution >= 4 is 25.5 Å². The summed E-state index contributed by atoms with van der Waals surface area (Å²) in [6.07, 6.45) is 25.6. The zero-order valence-electron chi connectivity index (χ0n) is 33.0. The van der Waals surface area contributed by atoms with Gasteiger partial charge >= 0.3 is 19.8 Å². The van der Waals surface area contributed by atoms with Gasteiger partial charge in [0.2, 0.25) is 0 Å². The summed E-state index contributed by atoms with van der Waals surface area (Å²) in [5.41, 5.74) is 0. The summed E-state index contributed by atoms with van der Waals surface area (Å²) in [4.78, 5) is 55.4. The van der Waals surface area contributed by atoms with Crippen LogP contribution in [0.4, 0.5) is 0 Å². The van der Waals surface area contributed by atoms with E-state index in [4.69, 9.17) is 19.3 Å². The molecule has 5 atom stereocenters. The van der Waals surface area contributed by atoms with Crippen LogP contribution in [-0.2, 0) is 32.9 Å². The summed E-state index contributed by atoms with van der Waals surface area (Å²) in [7, 11) is -4.82. The maximum absolute atomic E-state index is 12.4. The van der Waals surface area contributed by atoms with Crippen LogP contribution in [-0.4, -0.2) is 69.2 Å². The monoisotopic (exact) mass is 772 g/mol. The molecule has 0 amide bonds. The third-order valence-electron chi connectivity index (χ3n) is 9.78. The van der Waals surface area contributed by atoms with Gasteiger partial charge in [-0.2, -0.15) is 0 Å². The van der Waals surface area contributed by atoms with Crippen molar-refractivity contribution in [3.8, 4) is 0 Å². The van der Waals surface area contributed by atoms with E-state index < -0.39 is 50.6 Å². The molecule has 0 radical (unpaired) electrons. The van der Waals surface area contributed by atoms with Crippen LogP contribution < -0.4 is 0 Å².